The van der Waals surface area contributed by atoms with E-state index in [1.54, 1.807) is 0 Å². The highest BCUT2D eigenvalue weighted by Gasteiger charge is 2.46. The van der Waals surface area contributed by atoms with Crippen molar-refractivity contribution in [3.05, 3.63) is 0 Å². The molecule has 3 N–H and O–H groups in total. The zero-order valence-electron chi connectivity index (χ0n) is 8.08. The van der Waals surface area contributed by atoms with Gasteiger partial charge in [0.1, 0.15) is 0 Å². The topological polar surface area (TPSA) is 47.3 Å². The van der Waals surface area contributed by atoms with E-state index in [0.29, 0.717) is 5.41 Å². The average Bonchev–Trinajstić information content (AvgIpc) is 2.37. The summed E-state index contributed by atoms with van der Waals surface area (Å²) in [5, 5.41) is 3.36. The van der Waals surface area contributed by atoms with Gasteiger partial charge in [0.05, 0.1) is 12.7 Å². The quantitative estimate of drug-likeness (QED) is 0.608. The van der Waals surface area contributed by atoms with Gasteiger partial charge in [0, 0.05) is 11.5 Å². The van der Waals surface area contributed by atoms with Crippen molar-refractivity contribution in [2.75, 3.05) is 19.7 Å². The summed E-state index contributed by atoms with van der Waals surface area (Å²) in [6, 6.07) is 0.250. The molecule has 2 atom stereocenters. The largest absolute Gasteiger partial charge is 0.376 e. The van der Waals surface area contributed by atoms with E-state index in [4.69, 9.17) is 10.5 Å². The molecule has 0 aromatic carbocycles. The summed E-state index contributed by atoms with van der Waals surface area (Å²) in [5.41, 5.74) is 6.43. The fraction of sp³-hybridized carbons (Fsp3) is 1.00. The molecule has 78 valence electrons. The van der Waals surface area contributed by atoms with E-state index < -0.39 is 0 Å². The van der Waals surface area contributed by atoms with Gasteiger partial charge in [-0.25, -0.2) is 0 Å². The predicted molar refractivity (Wildman–Crippen MR) is 55.2 cm³/mol. The summed E-state index contributed by atoms with van der Waals surface area (Å²) in [6.07, 6.45) is 2.61. The van der Waals surface area contributed by atoms with Gasteiger partial charge >= 0.3 is 0 Å². The van der Waals surface area contributed by atoms with Crippen LogP contribution in [-0.4, -0.2) is 31.8 Å². The Morgan fingerprint density at radius 1 is 1.38 bits per heavy atom. The molecule has 0 aromatic heterocycles. The summed E-state index contributed by atoms with van der Waals surface area (Å²) in [6.45, 7) is 5.16. The molecule has 4 heteroatoms. The van der Waals surface area contributed by atoms with Crippen molar-refractivity contribution in [2.45, 2.75) is 31.9 Å². The van der Waals surface area contributed by atoms with Gasteiger partial charge in [-0.2, -0.15) is 0 Å². The molecule has 13 heavy (non-hydrogen) atoms. The molecule has 2 saturated heterocycles. The minimum absolute atomic E-state index is 0. The van der Waals surface area contributed by atoms with Crippen molar-refractivity contribution in [3.63, 3.8) is 0 Å². The Kier molecular flexibility index (Phi) is 3.57. The van der Waals surface area contributed by atoms with Gasteiger partial charge in [-0.15, -0.1) is 12.4 Å². The second-order valence-electron chi connectivity index (χ2n) is 4.15. The highest BCUT2D eigenvalue weighted by molar-refractivity contribution is 5.85. The SMILES string of the molecule is C[C@H]1OCC2(CCNCC2)[C@@H]1N.Cl. The Hall–Kier alpha value is 0.170. The number of nitrogens with one attached hydrogen (secondary N) is 1. The molecular weight excluding hydrogens is 188 g/mol. The van der Waals surface area contributed by atoms with E-state index in [0.717, 1.165) is 19.7 Å². The van der Waals surface area contributed by atoms with Crippen LogP contribution in [-0.2, 0) is 4.74 Å². The second kappa shape index (κ2) is 4.13. The van der Waals surface area contributed by atoms with Crippen molar-refractivity contribution >= 4 is 12.4 Å². The maximum atomic E-state index is 6.14. The van der Waals surface area contributed by atoms with Crippen LogP contribution in [0.1, 0.15) is 19.8 Å². The molecule has 1 spiro atoms. The van der Waals surface area contributed by atoms with Crippen LogP contribution in [0.15, 0.2) is 0 Å². The number of piperidine rings is 1. The van der Waals surface area contributed by atoms with Crippen LogP contribution in [0.5, 0.6) is 0 Å². The zero-order chi connectivity index (χ0) is 8.60. The highest BCUT2D eigenvalue weighted by Crippen LogP contribution is 2.39. The van der Waals surface area contributed by atoms with Crippen molar-refractivity contribution in [1.82, 2.24) is 5.32 Å². The van der Waals surface area contributed by atoms with Gasteiger partial charge < -0.3 is 15.8 Å². The first kappa shape index (κ1) is 11.2. The number of hydrogen-bond acceptors (Lipinski definition) is 3. The summed E-state index contributed by atoms with van der Waals surface area (Å²) in [7, 11) is 0. The number of ether oxygens (including phenoxy) is 1. The number of rotatable bonds is 0. The van der Waals surface area contributed by atoms with E-state index in [1.807, 2.05) is 0 Å². The van der Waals surface area contributed by atoms with E-state index in [9.17, 15) is 0 Å². The maximum absolute atomic E-state index is 6.14. The first-order valence-electron chi connectivity index (χ1n) is 4.82. The van der Waals surface area contributed by atoms with Crippen LogP contribution in [0.2, 0.25) is 0 Å². The van der Waals surface area contributed by atoms with Gasteiger partial charge in [-0.3, -0.25) is 0 Å². The lowest BCUT2D eigenvalue weighted by molar-refractivity contribution is 0.0952. The molecule has 2 fully saturated rings. The van der Waals surface area contributed by atoms with Gasteiger partial charge in [0.25, 0.3) is 0 Å². The third kappa shape index (κ3) is 1.84. The first-order chi connectivity index (χ1) is 5.75. The lowest BCUT2D eigenvalue weighted by Gasteiger charge is -2.36. The van der Waals surface area contributed by atoms with Crippen molar-refractivity contribution in [2.24, 2.45) is 11.1 Å². The molecule has 0 amide bonds. The molecule has 0 aliphatic carbocycles. The van der Waals surface area contributed by atoms with Crippen molar-refractivity contribution in [3.8, 4) is 0 Å². The fourth-order valence-electron chi connectivity index (χ4n) is 2.40. The highest BCUT2D eigenvalue weighted by atomic mass is 35.5. The number of nitrogens with two attached hydrogens (primary N) is 1. The molecule has 0 radical (unpaired) electrons. The van der Waals surface area contributed by atoms with E-state index in [2.05, 4.69) is 12.2 Å². The third-order valence-electron chi connectivity index (χ3n) is 3.45. The summed E-state index contributed by atoms with van der Waals surface area (Å²) >= 11 is 0. The Balaban J connectivity index is 0.000000845. The monoisotopic (exact) mass is 206 g/mol. The first-order valence-corrected chi connectivity index (χ1v) is 4.82. The summed E-state index contributed by atoms with van der Waals surface area (Å²) in [5.74, 6) is 0. The molecule has 0 unspecified atom stereocenters. The molecule has 2 aliphatic rings. The van der Waals surface area contributed by atoms with Gasteiger partial charge in [0.15, 0.2) is 0 Å². The van der Waals surface area contributed by atoms with Crippen LogP contribution in [0.25, 0.3) is 0 Å². The van der Waals surface area contributed by atoms with E-state index in [1.165, 1.54) is 12.8 Å². The molecule has 3 nitrogen and oxygen atoms in total. The minimum atomic E-state index is 0. The average molecular weight is 207 g/mol. The summed E-state index contributed by atoms with van der Waals surface area (Å²) in [4.78, 5) is 0. The van der Waals surface area contributed by atoms with Crippen LogP contribution >= 0.6 is 12.4 Å². The smallest absolute Gasteiger partial charge is 0.0704 e. The second-order valence-corrected chi connectivity index (χ2v) is 4.15. The van der Waals surface area contributed by atoms with Crippen LogP contribution in [0.3, 0.4) is 0 Å². The van der Waals surface area contributed by atoms with E-state index in [-0.39, 0.29) is 24.6 Å². The predicted octanol–water partition coefficient (Wildman–Crippen LogP) is 0.524. The number of hydrogen-bond donors (Lipinski definition) is 2. The summed E-state index contributed by atoms with van der Waals surface area (Å²) < 4.78 is 5.61. The van der Waals surface area contributed by atoms with Crippen LogP contribution in [0.4, 0.5) is 0 Å². The van der Waals surface area contributed by atoms with Crippen LogP contribution < -0.4 is 11.1 Å². The molecule has 2 aliphatic heterocycles. The molecule has 0 bridgehead atoms. The molecular formula is C9H19ClN2O. The van der Waals surface area contributed by atoms with Crippen LogP contribution in [0, 0.1) is 5.41 Å². The zero-order valence-corrected chi connectivity index (χ0v) is 8.90. The van der Waals surface area contributed by atoms with Crippen molar-refractivity contribution in [1.29, 1.82) is 0 Å². The molecule has 2 heterocycles. The fourth-order valence-corrected chi connectivity index (χ4v) is 2.40. The normalized spacial score (nSPS) is 37.4. The molecule has 2 rings (SSSR count). The Labute approximate surface area is 85.8 Å². The standard InChI is InChI=1S/C9H18N2O.ClH/c1-7-8(10)9(6-12-7)2-4-11-5-3-9;/h7-8,11H,2-6,10H2,1H3;1H/t7-,8-;/m1./s1. The lowest BCUT2D eigenvalue weighted by Crippen LogP contribution is -2.49. The van der Waals surface area contributed by atoms with Gasteiger partial charge in [0.2, 0.25) is 0 Å². The lowest BCUT2D eigenvalue weighted by atomic mass is 9.74. The van der Waals surface area contributed by atoms with Gasteiger partial charge in [-0.1, -0.05) is 0 Å². The Morgan fingerprint density at radius 3 is 2.46 bits per heavy atom. The van der Waals surface area contributed by atoms with E-state index >= 15 is 0 Å². The third-order valence-corrected chi connectivity index (χ3v) is 3.45. The van der Waals surface area contributed by atoms with Crippen molar-refractivity contribution < 1.29 is 4.74 Å². The number of halogens is 1. The maximum Gasteiger partial charge on any atom is 0.0704 e. The molecule has 0 saturated carbocycles. The van der Waals surface area contributed by atoms with Gasteiger partial charge in [-0.05, 0) is 32.9 Å². The minimum Gasteiger partial charge on any atom is -0.376 e. The Bertz CT molecular complexity index is 165. The molecule has 0 aromatic rings. The Morgan fingerprint density at radius 2 is 2.00 bits per heavy atom.